The van der Waals surface area contributed by atoms with E-state index in [4.69, 9.17) is 16.6 Å². The van der Waals surface area contributed by atoms with E-state index in [0.717, 1.165) is 42.9 Å². The molecule has 0 saturated carbocycles. The van der Waals surface area contributed by atoms with Crippen molar-refractivity contribution in [1.29, 1.82) is 0 Å². The van der Waals surface area contributed by atoms with Crippen LogP contribution in [-0.2, 0) is 9.59 Å². The van der Waals surface area contributed by atoms with E-state index >= 15 is 0 Å². The number of furan rings is 1. The number of anilines is 2. The highest BCUT2D eigenvalue weighted by atomic mass is 32.1. The van der Waals surface area contributed by atoms with Crippen LogP contribution in [0.3, 0.4) is 0 Å². The van der Waals surface area contributed by atoms with Gasteiger partial charge in [0.1, 0.15) is 11.3 Å². The Hall–Kier alpha value is -2.93. The maximum absolute atomic E-state index is 13.2. The van der Waals surface area contributed by atoms with Gasteiger partial charge >= 0.3 is 0 Å². The number of carbonyl (C=O) groups is 2. The van der Waals surface area contributed by atoms with Crippen LogP contribution in [0.5, 0.6) is 0 Å². The predicted molar refractivity (Wildman–Crippen MR) is 117 cm³/mol. The molecule has 7 heteroatoms. The number of benzene rings is 1. The van der Waals surface area contributed by atoms with Crippen molar-refractivity contribution in [3.05, 3.63) is 52.8 Å². The Balaban J connectivity index is 1.65. The minimum absolute atomic E-state index is 0.000879. The highest BCUT2D eigenvalue weighted by molar-refractivity contribution is 7.80. The molecule has 1 aromatic heterocycles. The van der Waals surface area contributed by atoms with Gasteiger partial charge in [-0.2, -0.15) is 0 Å². The first-order valence-electron chi connectivity index (χ1n) is 9.77. The fraction of sp³-hybridized carbons (Fsp3) is 0.318. The summed E-state index contributed by atoms with van der Waals surface area (Å²) < 4.78 is 5.90. The van der Waals surface area contributed by atoms with Crippen molar-refractivity contribution in [2.45, 2.75) is 33.1 Å². The van der Waals surface area contributed by atoms with E-state index in [1.807, 2.05) is 38.1 Å². The number of nitrogens with one attached hydrogen (secondary N) is 1. The molecule has 2 saturated heterocycles. The van der Waals surface area contributed by atoms with Gasteiger partial charge in [-0.1, -0.05) is 12.1 Å². The van der Waals surface area contributed by atoms with Gasteiger partial charge in [0, 0.05) is 19.2 Å². The maximum Gasteiger partial charge on any atom is 0.270 e. The number of carbonyl (C=O) groups excluding carboxylic acids is 2. The Kier molecular flexibility index (Phi) is 5.24. The second-order valence-corrected chi connectivity index (χ2v) is 7.86. The highest BCUT2D eigenvalue weighted by Crippen LogP contribution is 2.28. The zero-order valence-electron chi connectivity index (χ0n) is 16.5. The molecule has 4 rings (SSSR count). The third kappa shape index (κ3) is 3.82. The molecule has 29 heavy (non-hydrogen) atoms. The average Bonchev–Trinajstić information content (AvgIpc) is 3.17. The molecule has 0 bridgehead atoms. The van der Waals surface area contributed by atoms with Crippen LogP contribution in [0.2, 0.25) is 0 Å². The molecule has 2 aromatic rings. The standard InChI is InChI=1S/C22H23N3O3S/c1-14-6-7-15(2)18(12-14)25-21(27)17(20(26)23-22(25)29)13-16-8-9-19(28-16)24-10-4-3-5-11-24/h6-9,12-13H,3-5,10-11H2,1-2H3,(H,23,26,29)/b17-13+. The molecule has 0 spiro atoms. The van der Waals surface area contributed by atoms with Crippen LogP contribution in [0.25, 0.3) is 6.08 Å². The quantitative estimate of drug-likeness (QED) is 0.476. The van der Waals surface area contributed by atoms with Gasteiger partial charge in [0.25, 0.3) is 11.8 Å². The second-order valence-electron chi connectivity index (χ2n) is 7.47. The molecule has 2 fully saturated rings. The SMILES string of the molecule is Cc1ccc(C)c(N2C(=O)/C(=C/c3ccc(N4CCCCC4)o3)C(=O)NC2=S)c1. The number of rotatable bonds is 3. The Morgan fingerprint density at radius 1 is 1.07 bits per heavy atom. The normalized spacial score (nSPS) is 19.1. The van der Waals surface area contributed by atoms with E-state index < -0.39 is 11.8 Å². The van der Waals surface area contributed by atoms with E-state index in [0.29, 0.717) is 11.4 Å². The summed E-state index contributed by atoms with van der Waals surface area (Å²) in [6.07, 6.45) is 5.00. The lowest BCUT2D eigenvalue weighted by Gasteiger charge is -2.30. The largest absolute Gasteiger partial charge is 0.441 e. The molecule has 0 radical (unpaired) electrons. The van der Waals surface area contributed by atoms with Gasteiger partial charge in [-0.15, -0.1) is 0 Å². The van der Waals surface area contributed by atoms with Crippen molar-refractivity contribution in [3.8, 4) is 0 Å². The van der Waals surface area contributed by atoms with Gasteiger partial charge in [0.2, 0.25) is 0 Å². The van der Waals surface area contributed by atoms with Gasteiger partial charge in [-0.25, -0.2) is 0 Å². The van der Waals surface area contributed by atoms with Gasteiger partial charge in [-0.3, -0.25) is 19.8 Å². The van der Waals surface area contributed by atoms with Crippen LogP contribution < -0.4 is 15.1 Å². The summed E-state index contributed by atoms with van der Waals surface area (Å²) in [7, 11) is 0. The number of thiocarbonyl (C=S) groups is 1. The molecule has 0 aliphatic carbocycles. The van der Waals surface area contributed by atoms with Crippen molar-refractivity contribution in [3.63, 3.8) is 0 Å². The maximum atomic E-state index is 13.2. The third-order valence-electron chi connectivity index (χ3n) is 5.27. The van der Waals surface area contributed by atoms with Crippen molar-refractivity contribution >= 4 is 46.8 Å². The summed E-state index contributed by atoms with van der Waals surface area (Å²) in [5, 5.41) is 2.71. The predicted octanol–water partition coefficient (Wildman–Crippen LogP) is 3.72. The number of nitrogens with zero attached hydrogens (tertiary/aromatic N) is 2. The smallest absolute Gasteiger partial charge is 0.270 e. The number of hydrogen-bond acceptors (Lipinski definition) is 5. The fourth-order valence-electron chi connectivity index (χ4n) is 3.68. The number of piperidine rings is 1. The van der Waals surface area contributed by atoms with Crippen molar-refractivity contribution < 1.29 is 14.0 Å². The van der Waals surface area contributed by atoms with Crippen LogP contribution in [0, 0.1) is 13.8 Å². The Morgan fingerprint density at radius 2 is 1.83 bits per heavy atom. The summed E-state index contributed by atoms with van der Waals surface area (Å²) in [6.45, 7) is 5.76. The third-order valence-corrected chi connectivity index (χ3v) is 5.56. The van der Waals surface area contributed by atoms with E-state index in [-0.39, 0.29) is 10.7 Å². The molecule has 3 heterocycles. The Labute approximate surface area is 175 Å². The first kappa shape index (κ1) is 19.4. The minimum Gasteiger partial charge on any atom is -0.441 e. The topological polar surface area (TPSA) is 65.8 Å². The monoisotopic (exact) mass is 409 g/mol. The van der Waals surface area contributed by atoms with Crippen LogP contribution in [0.15, 0.2) is 40.3 Å². The summed E-state index contributed by atoms with van der Waals surface area (Å²) in [4.78, 5) is 29.2. The average molecular weight is 410 g/mol. The van der Waals surface area contributed by atoms with E-state index in [1.54, 1.807) is 6.07 Å². The summed E-state index contributed by atoms with van der Waals surface area (Å²) in [6, 6.07) is 9.45. The summed E-state index contributed by atoms with van der Waals surface area (Å²) in [5.74, 6) is 0.265. The van der Waals surface area contributed by atoms with E-state index in [2.05, 4.69) is 10.2 Å². The highest BCUT2D eigenvalue weighted by Gasteiger charge is 2.35. The fourth-order valence-corrected chi connectivity index (χ4v) is 3.96. The molecule has 1 N–H and O–H groups in total. The van der Waals surface area contributed by atoms with Crippen LogP contribution in [0.4, 0.5) is 11.6 Å². The molecular weight excluding hydrogens is 386 g/mol. The van der Waals surface area contributed by atoms with E-state index in [1.165, 1.54) is 17.4 Å². The molecular formula is C22H23N3O3S. The van der Waals surface area contributed by atoms with Crippen molar-refractivity contribution in [2.24, 2.45) is 0 Å². The molecule has 6 nitrogen and oxygen atoms in total. The number of aryl methyl sites for hydroxylation is 2. The molecule has 150 valence electrons. The molecule has 0 unspecified atom stereocenters. The zero-order chi connectivity index (χ0) is 20.5. The van der Waals surface area contributed by atoms with Gasteiger partial charge in [0.05, 0.1) is 5.69 Å². The van der Waals surface area contributed by atoms with Gasteiger partial charge in [0.15, 0.2) is 11.0 Å². The molecule has 1 aromatic carbocycles. The molecule has 0 atom stereocenters. The lowest BCUT2D eigenvalue weighted by molar-refractivity contribution is -0.122. The molecule has 2 aliphatic rings. The van der Waals surface area contributed by atoms with Gasteiger partial charge in [-0.05, 0) is 74.7 Å². The van der Waals surface area contributed by atoms with Crippen LogP contribution in [-0.4, -0.2) is 30.0 Å². The Morgan fingerprint density at radius 3 is 2.59 bits per heavy atom. The first-order chi connectivity index (χ1) is 13.9. The number of hydrogen-bond donors (Lipinski definition) is 1. The van der Waals surface area contributed by atoms with Gasteiger partial charge < -0.3 is 9.32 Å². The Bertz CT molecular complexity index is 1020. The zero-order valence-corrected chi connectivity index (χ0v) is 17.3. The molecule has 2 aliphatic heterocycles. The second kappa shape index (κ2) is 7.83. The van der Waals surface area contributed by atoms with Crippen molar-refractivity contribution in [2.75, 3.05) is 22.9 Å². The lowest BCUT2D eigenvalue weighted by atomic mass is 10.1. The lowest BCUT2D eigenvalue weighted by Crippen LogP contribution is -2.54. The summed E-state index contributed by atoms with van der Waals surface area (Å²) in [5.41, 5.74) is 2.56. The summed E-state index contributed by atoms with van der Waals surface area (Å²) >= 11 is 5.29. The first-order valence-corrected chi connectivity index (χ1v) is 10.2. The van der Waals surface area contributed by atoms with Crippen LogP contribution >= 0.6 is 12.2 Å². The van der Waals surface area contributed by atoms with Crippen LogP contribution in [0.1, 0.15) is 36.1 Å². The number of amides is 2. The van der Waals surface area contributed by atoms with E-state index in [9.17, 15) is 9.59 Å². The minimum atomic E-state index is -0.516. The molecule has 2 amide bonds. The van der Waals surface area contributed by atoms with Crippen molar-refractivity contribution in [1.82, 2.24) is 5.32 Å².